The van der Waals surface area contributed by atoms with E-state index in [1.165, 1.54) is 0 Å². The molecule has 0 aliphatic heterocycles. The van der Waals surface area contributed by atoms with Crippen LogP contribution in [0, 0.1) is 0 Å². The van der Waals surface area contributed by atoms with Crippen molar-refractivity contribution in [2.24, 2.45) is 0 Å². The fourth-order valence-electron chi connectivity index (χ4n) is 2.30. The standard InChI is InChI=1S/C19H16ClN3O/c20-15-4-3-5-16(12-15)23-19(24)17-6-1-2-7-18(17)22-13-14-8-10-21-11-9-14/h1-12,22H,13H2,(H,23,24). The Hall–Kier alpha value is -2.85. The first kappa shape index (κ1) is 16.0. The average molecular weight is 338 g/mol. The van der Waals surface area contributed by atoms with E-state index in [0.29, 0.717) is 22.8 Å². The quantitative estimate of drug-likeness (QED) is 0.715. The number of para-hydroxylation sites is 1. The van der Waals surface area contributed by atoms with E-state index >= 15 is 0 Å². The molecule has 0 aliphatic carbocycles. The Kier molecular flexibility index (Phi) is 5.08. The maximum atomic E-state index is 12.6. The molecule has 0 fully saturated rings. The predicted molar refractivity (Wildman–Crippen MR) is 97.4 cm³/mol. The molecule has 0 saturated heterocycles. The molecule has 5 heteroatoms. The number of carbonyl (C=O) groups excluding carboxylic acids is 1. The molecular formula is C19H16ClN3O. The lowest BCUT2D eigenvalue weighted by Crippen LogP contribution is -2.14. The van der Waals surface area contributed by atoms with Crippen molar-refractivity contribution in [3.63, 3.8) is 0 Å². The van der Waals surface area contributed by atoms with Gasteiger partial charge in [0, 0.05) is 35.3 Å². The van der Waals surface area contributed by atoms with Gasteiger partial charge in [0.05, 0.1) is 5.56 Å². The second-order valence-electron chi connectivity index (χ2n) is 5.22. The van der Waals surface area contributed by atoms with Gasteiger partial charge in [-0.15, -0.1) is 0 Å². The van der Waals surface area contributed by atoms with Crippen LogP contribution in [0.15, 0.2) is 73.1 Å². The molecule has 2 aromatic carbocycles. The van der Waals surface area contributed by atoms with Gasteiger partial charge in [0.1, 0.15) is 0 Å². The maximum Gasteiger partial charge on any atom is 0.257 e. The van der Waals surface area contributed by atoms with Gasteiger partial charge in [-0.3, -0.25) is 9.78 Å². The Morgan fingerprint density at radius 2 is 1.79 bits per heavy atom. The number of hydrogen-bond donors (Lipinski definition) is 2. The number of nitrogens with zero attached hydrogens (tertiary/aromatic N) is 1. The molecular weight excluding hydrogens is 322 g/mol. The van der Waals surface area contributed by atoms with Crippen LogP contribution >= 0.6 is 11.6 Å². The van der Waals surface area contributed by atoms with Crippen LogP contribution in [0.3, 0.4) is 0 Å². The zero-order valence-corrected chi connectivity index (χ0v) is 13.6. The molecule has 0 unspecified atom stereocenters. The van der Waals surface area contributed by atoms with Crippen LogP contribution in [0.1, 0.15) is 15.9 Å². The molecule has 0 aliphatic rings. The highest BCUT2D eigenvalue weighted by Gasteiger charge is 2.11. The van der Waals surface area contributed by atoms with Crippen molar-refractivity contribution in [3.8, 4) is 0 Å². The van der Waals surface area contributed by atoms with Crippen LogP contribution in [0.5, 0.6) is 0 Å². The Balaban J connectivity index is 1.74. The average Bonchev–Trinajstić information content (AvgIpc) is 2.61. The first-order valence-electron chi connectivity index (χ1n) is 7.51. The molecule has 3 aromatic rings. The molecule has 0 spiro atoms. The van der Waals surface area contributed by atoms with Gasteiger partial charge in [-0.2, -0.15) is 0 Å². The summed E-state index contributed by atoms with van der Waals surface area (Å²) in [6.45, 7) is 0.615. The largest absolute Gasteiger partial charge is 0.380 e. The van der Waals surface area contributed by atoms with Crippen molar-refractivity contribution in [1.82, 2.24) is 4.98 Å². The number of pyridine rings is 1. The van der Waals surface area contributed by atoms with Gasteiger partial charge in [-0.05, 0) is 48.0 Å². The van der Waals surface area contributed by atoms with Gasteiger partial charge in [0.2, 0.25) is 0 Å². The van der Waals surface area contributed by atoms with Crippen LogP contribution in [-0.4, -0.2) is 10.9 Å². The number of benzene rings is 2. The topological polar surface area (TPSA) is 54.0 Å². The van der Waals surface area contributed by atoms with Gasteiger partial charge in [0.25, 0.3) is 5.91 Å². The Morgan fingerprint density at radius 3 is 2.58 bits per heavy atom. The number of halogens is 1. The summed E-state index contributed by atoms with van der Waals surface area (Å²) in [6, 6.07) is 18.3. The van der Waals surface area contributed by atoms with Crippen molar-refractivity contribution in [1.29, 1.82) is 0 Å². The molecule has 0 bridgehead atoms. The summed E-state index contributed by atoms with van der Waals surface area (Å²) in [7, 11) is 0. The second-order valence-corrected chi connectivity index (χ2v) is 5.66. The zero-order valence-electron chi connectivity index (χ0n) is 12.9. The third kappa shape index (κ3) is 4.12. The normalized spacial score (nSPS) is 10.2. The summed E-state index contributed by atoms with van der Waals surface area (Å²) in [6.07, 6.45) is 3.49. The number of anilines is 2. The van der Waals surface area contributed by atoms with Crippen LogP contribution in [0.4, 0.5) is 11.4 Å². The van der Waals surface area contributed by atoms with Crippen LogP contribution in [-0.2, 0) is 6.54 Å². The first-order chi connectivity index (χ1) is 11.7. The Labute approximate surface area is 145 Å². The van der Waals surface area contributed by atoms with Gasteiger partial charge in [-0.1, -0.05) is 29.8 Å². The number of aromatic nitrogens is 1. The lowest BCUT2D eigenvalue weighted by molar-refractivity contribution is 0.102. The molecule has 1 heterocycles. The highest BCUT2D eigenvalue weighted by molar-refractivity contribution is 6.31. The fourth-order valence-corrected chi connectivity index (χ4v) is 2.49. The van der Waals surface area contributed by atoms with Crippen LogP contribution < -0.4 is 10.6 Å². The van der Waals surface area contributed by atoms with E-state index in [4.69, 9.17) is 11.6 Å². The van der Waals surface area contributed by atoms with Gasteiger partial charge in [0.15, 0.2) is 0 Å². The number of hydrogen-bond acceptors (Lipinski definition) is 3. The van der Waals surface area contributed by atoms with Crippen molar-refractivity contribution in [2.45, 2.75) is 6.54 Å². The molecule has 0 radical (unpaired) electrons. The van der Waals surface area contributed by atoms with E-state index in [1.807, 2.05) is 30.3 Å². The minimum atomic E-state index is -0.185. The molecule has 2 N–H and O–H groups in total. The van der Waals surface area contributed by atoms with Gasteiger partial charge >= 0.3 is 0 Å². The summed E-state index contributed by atoms with van der Waals surface area (Å²) in [5, 5.41) is 6.74. The van der Waals surface area contributed by atoms with Crippen molar-refractivity contribution < 1.29 is 4.79 Å². The molecule has 1 amide bonds. The summed E-state index contributed by atoms with van der Waals surface area (Å²) >= 11 is 5.95. The second kappa shape index (κ2) is 7.62. The molecule has 1 aromatic heterocycles. The van der Waals surface area contributed by atoms with Gasteiger partial charge in [-0.25, -0.2) is 0 Å². The van der Waals surface area contributed by atoms with E-state index in [2.05, 4.69) is 15.6 Å². The Bertz CT molecular complexity index is 837. The molecule has 3 rings (SSSR count). The zero-order chi connectivity index (χ0) is 16.8. The highest BCUT2D eigenvalue weighted by Crippen LogP contribution is 2.20. The number of rotatable bonds is 5. The third-order valence-corrected chi connectivity index (χ3v) is 3.72. The number of nitrogens with one attached hydrogen (secondary N) is 2. The SMILES string of the molecule is O=C(Nc1cccc(Cl)c1)c1ccccc1NCc1ccncc1. The minimum Gasteiger partial charge on any atom is -0.380 e. The lowest BCUT2D eigenvalue weighted by atomic mass is 10.1. The van der Waals surface area contributed by atoms with Crippen molar-refractivity contribution in [3.05, 3.63) is 89.2 Å². The van der Waals surface area contributed by atoms with E-state index in [1.54, 1.807) is 42.7 Å². The highest BCUT2D eigenvalue weighted by atomic mass is 35.5. The summed E-state index contributed by atoms with van der Waals surface area (Å²) in [5.41, 5.74) is 3.10. The first-order valence-corrected chi connectivity index (χ1v) is 7.89. The van der Waals surface area contributed by atoms with Crippen LogP contribution in [0.2, 0.25) is 5.02 Å². The summed E-state index contributed by atoms with van der Waals surface area (Å²) in [4.78, 5) is 16.6. The minimum absolute atomic E-state index is 0.185. The number of carbonyl (C=O) groups is 1. The van der Waals surface area contributed by atoms with Crippen molar-refractivity contribution in [2.75, 3.05) is 10.6 Å². The number of amides is 1. The summed E-state index contributed by atoms with van der Waals surface area (Å²) < 4.78 is 0. The molecule has 4 nitrogen and oxygen atoms in total. The molecule has 0 saturated carbocycles. The Morgan fingerprint density at radius 1 is 1.00 bits per heavy atom. The fraction of sp³-hybridized carbons (Fsp3) is 0.0526. The van der Waals surface area contributed by atoms with Gasteiger partial charge < -0.3 is 10.6 Å². The smallest absolute Gasteiger partial charge is 0.257 e. The molecule has 24 heavy (non-hydrogen) atoms. The van der Waals surface area contributed by atoms with E-state index < -0.39 is 0 Å². The lowest BCUT2D eigenvalue weighted by Gasteiger charge is -2.12. The van der Waals surface area contributed by atoms with E-state index in [9.17, 15) is 4.79 Å². The third-order valence-electron chi connectivity index (χ3n) is 3.49. The monoisotopic (exact) mass is 337 g/mol. The van der Waals surface area contributed by atoms with Crippen LogP contribution in [0.25, 0.3) is 0 Å². The predicted octanol–water partition coefficient (Wildman–Crippen LogP) is 4.60. The summed E-state index contributed by atoms with van der Waals surface area (Å²) in [5.74, 6) is -0.185. The molecule has 120 valence electrons. The maximum absolute atomic E-state index is 12.6. The molecule has 0 atom stereocenters. The van der Waals surface area contributed by atoms with Crippen molar-refractivity contribution >= 4 is 28.9 Å². The van der Waals surface area contributed by atoms with E-state index in [-0.39, 0.29) is 5.91 Å². The van der Waals surface area contributed by atoms with E-state index in [0.717, 1.165) is 11.3 Å².